The Morgan fingerprint density at radius 2 is 2.05 bits per heavy atom. The van der Waals surface area contributed by atoms with E-state index >= 15 is 0 Å². The summed E-state index contributed by atoms with van der Waals surface area (Å²) in [6.45, 7) is 0.695. The number of hydrogen-bond acceptors (Lipinski definition) is 4. The molecule has 0 aliphatic heterocycles. The van der Waals surface area contributed by atoms with E-state index in [1.165, 1.54) is 6.07 Å². The summed E-state index contributed by atoms with van der Waals surface area (Å²) < 4.78 is 46.5. The number of nitrogens with one attached hydrogen (secondary N) is 1. The first-order valence-electron chi connectivity index (χ1n) is 5.88. The van der Waals surface area contributed by atoms with Gasteiger partial charge in [0, 0.05) is 0 Å². The van der Waals surface area contributed by atoms with Gasteiger partial charge < -0.3 is 14.5 Å². The molecule has 0 atom stereocenters. The second-order valence-electron chi connectivity index (χ2n) is 4.12. The molecule has 0 fully saturated rings. The van der Waals surface area contributed by atoms with Crippen LogP contribution in [0.15, 0.2) is 34.9 Å². The predicted molar refractivity (Wildman–Crippen MR) is 66.6 cm³/mol. The van der Waals surface area contributed by atoms with Crippen molar-refractivity contribution in [1.29, 1.82) is 0 Å². The summed E-state index contributed by atoms with van der Waals surface area (Å²) in [5, 5.41) is 2.93. The molecule has 0 spiro atoms. The zero-order valence-corrected chi connectivity index (χ0v) is 10.7. The molecule has 0 saturated heterocycles. The van der Waals surface area contributed by atoms with Crippen molar-refractivity contribution in [3.8, 4) is 5.75 Å². The van der Waals surface area contributed by atoms with Crippen molar-refractivity contribution in [3.05, 3.63) is 42.1 Å². The van der Waals surface area contributed by atoms with Crippen LogP contribution in [0.25, 0.3) is 0 Å². The summed E-state index contributed by atoms with van der Waals surface area (Å²) >= 11 is 0. The number of oxazole rings is 1. The van der Waals surface area contributed by atoms with E-state index < -0.39 is 12.8 Å². The van der Waals surface area contributed by atoms with Gasteiger partial charge in [-0.1, -0.05) is 12.1 Å². The van der Waals surface area contributed by atoms with Gasteiger partial charge >= 0.3 is 6.18 Å². The fraction of sp³-hybridized carbons (Fsp3) is 0.308. The molecule has 0 unspecified atom stereocenters. The van der Waals surface area contributed by atoms with Gasteiger partial charge in [0.15, 0.2) is 6.61 Å². The fourth-order valence-corrected chi connectivity index (χ4v) is 1.55. The third kappa shape index (κ3) is 4.18. The second kappa shape index (κ2) is 5.85. The van der Waals surface area contributed by atoms with Crippen molar-refractivity contribution >= 4 is 5.69 Å². The summed E-state index contributed by atoms with van der Waals surface area (Å²) in [6, 6.07) is 6.40. The molecule has 7 heteroatoms. The minimum Gasteiger partial charge on any atom is -0.482 e. The Labute approximate surface area is 113 Å². The third-order valence-electron chi connectivity index (χ3n) is 2.38. The Morgan fingerprint density at radius 1 is 1.30 bits per heavy atom. The van der Waals surface area contributed by atoms with Crippen LogP contribution in [0.2, 0.25) is 0 Å². The van der Waals surface area contributed by atoms with Crippen molar-refractivity contribution < 1.29 is 22.3 Å². The van der Waals surface area contributed by atoms with Crippen LogP contribution in [-0.4, -0.2) is 17.8 Å². The Hall–Kier alpha value is -2.18. The van der Waals surface area contributed by atoms with Crippen LogP contribution in [0.3, 0.4) is 0 Å². The number of aromatic nitrogens is 1. The van der Waals surface area contributed by atoms with Crippen LogP contribution in [0.5, 0.6) is 5.75 Å². The smallest absolute Gasteiger partial charge is 0.422 e. The topological polar surface area (TPSA) is 47.3 Å². The number of anilines is 1. The molecular formula is C13H13F3N2O2. The van der Waals surface area contributed by atoms with Gasteiger partial charge in [-0.3, -0.25) is 0 Å². The van der Waals surface area contributed by atoms with Gasteiger partial charge in [0.05, 0.1) is 18.4 Å². The molecular weight excluding hydrogens is 273 g/mol. The van der Waals surface area contributed by atoms with Crippen molar-refractivity contribution in [1.82, 2.24) is 4.98 Å². The Bertz CT molecular complexity index is 567. The lowest BCUT2D eigenvalue weighted by atomic mass is 10.3. The SMILES string of the molecule is Cc1cnc(CNc2ccccc2OCC(F)(F)F)o1. The number of nitrogens with zero attached hydrogens (tertiary/aromatic N) is 1. The van der Waals surface area contributed by atoms with E-state index in [9.17, 15) is 13.2 Å². The summed E-state index contributed by atoms with van der Waals surface area (Å²) in [6.07, 6.45) is -2.80. The number of rotatable bonds is 5. The highest BCUT2D eigenvalue weighted by molar-refractivity contribution is 5.56. The number of benzene rings is 1. The summed E-state index contributed by atoms with van der Waals surface area (Å²) in [5.41, 5.74) is 0.451. The molecule has 4 nitrogen and oxygen atoms in total. The lowest BCUT2D eigenvalue weighted by molar-refractivity contribution is -0.153. The number of halogens is 3. The van der Waals surface area contributed by atoms with E-state index in [1.54, 1.807) is 31.3 Å². The van der Waals surface area contributed by atoms with Gasteiger partial charge in [0.1, 0.15) is 11.5 Å². The van der Waals surface area contributed by atoms with E-state index in [1.807, 2.05) is 0 Å². The summed E-state index contributed by atoms with van der Waals surface area (Å²) in [7, 11) is 0. The van der Waals surface area contributed by atoms with E-state index in [0.717, 1.165) is 0 Å². The highest BCUT2D eigenvalue weighted by Crippen LogP contribution is 2.26. The highest BCUT2D eigenvalue weighted by atomic mass is 19.4. The lowest BCUT2D eigenvalue weighted by Gasteiger charge is -2.13. The largest absolute Gasteiger partial charge is 0.482 e. The van der Waals surface area contributed by atoms with E-state index in [2.05, 4.69) is 10.3 Å². The molecule has 2 aromatic rings. The first-order valence-corrected chi connectivity index (χ1v) is 5.88. The molecule has 0 aliphatic rings. The van der Waals surface area contributed by atoms with Gasteiger partial charge in [0.25, 0.3) is 0 Å². The zero-order valence-electron chi connectivity index (χ0n) is 10.7. The number of para-hydroxylation sites is 2. The average Bonchev–Trinajstić information content (AvgIpc) is 2.80. The Kier molecular flexibility index (Phi) is 4.16. The average molecular weight is 286 g/mol. The van der Waals surface area contributed by atoms with Crippen LogP contribution in [0.4, 0.5) is 18.9 Å². The van der Waals surface area contributed by atoms with Crippen molar-refractivity contribution in [2.45, 2.75) is 19.6 Å². The molecule has 1 aromatic heterocycles. The van der Waals surface area contributed by atoms with Crippen LogP contribution >= 0.6 is 0 Å². The molecule has 0 amide bonds. The maximum absolute atomic E-state index is 12.2. The molecule has 0 saturated carbocycles. The first kappa shape index (κ1) is 14.2. The second-order valence-corrected chi connectivity index (χ2v) is 4.12. The van der Waals surface area contributed by atoms with Gasteiger partial charge in [-0.15, -0.1) is 0 Å². The van der Waals surface area contributed by atoms with Crippen LogP contribution in [0, 0.1) is 6.92 Å². The summed E-state index contributed by atoms with van der Waals surface area (Å²) in [4.78, 5) is 4.00. The Balaban J connectivity index is 2.00. The molecule has 0 radical (unpaired) electrons. The lowest BCUT2D eigenvalue weighted by Crippen LogP contribution is -2.19. The first-order chi connectivity index (χ1) is 9.44. The molecule has 20 heavy (non-hydrogen) atoms. The summed E-state index contributed by atoms with van der Waals surface area (Å²) in [5.74, 6) is 1.25. The number of alkyl halides is 3. The minimum atomic E-state index is -4.37. The van der Waals surface area contributed by atoms with Crippen molar-refractivity contribution in [3.63, 3.8) is 0 Å². The van der Waals surface area contributed by atoms with E-state index in [-0.39, 0.29) is 12.3 Å². The Morgan fingerprint density at radius 3 is 2.70 bits per heavy atom. The minimum absolute atomic E-state index is 0.133. The molecule has 0 bridgehead atoms. The van der Waals surface area contributed by atoms with Crippen LogP contribution in [-0.2, 0) is 6.54 Å². The predicted octanol–water partition coefficient (Wildman–Crippen LogP) is 3.54. The van der Waals surface area contributed by atoms with Gasteiger partial charge in [0.2, 0.25) is 5.89 Å². The van der Waals surface area contributed by atoms with E-state index in [0.29, 0.717) is 17.3 Å². The zero-order chi connectivity index (χ0) is 14.6. The molecule has 1 aromatic carbocycles. The van der Waals surface area contributed by atoms with Crippen molar-refractivity contribution in [2.75, 3.05) is 11.9 Å². The number of ether oxygens (including phenoxy) is 1. The van der Waals surface area contributed by atoms with E-state index in [4.69, 9.17) is 9.15 Å². The highest BCUT2D eigenvalue weighted by Gasteiger charge is 2.28. The van der Waals surface area contributed by atoms with Gasteiger partial charge in [-0.2, -0.15) is 13.2 Å². The molecule has 1 N–H and O–H groups in total. The number of aryl methyl sites for hydroxylation is 1. The van der Waals surface area contributed by atoms with Crippen molar-refractivity contribution in [2.24, 2.45) is 0 Å². The van der Waals surface area contributed by atoms with Crippen LogP contribution < -0.4 is 10.1 Å². The standard InChI is InChI=1S/C13H13F3N2O2/c1-9-6-18-12(20-9)7-17-10-4-2-3-5-11(10)19-8-13(14,15)16/h2-6,17H,7-8H2,1H3. The fourth-order valence-electron chi connectivity index (χ4n) is 1.55. The van der Waals surface area contributed by atoms with Gasteiger partial charge in [-0.25, -0.2) is 4.98 Å². The third-order valence-corrected chi connectivity index (χ3v) is 2.38. The molecule has 108 valence electrons. The normalized spacial score (nSPS) is 11.4. The maximum Gasteiger partial charge on any atom is 0.422 e. The monoisotopic (exact) mass is 286 g/mol. The number of hydrogen-bond donors (Lipinski definition) is 1. The van der Waals surface area contributed by atoms with Gasteiger partial charge in [-0.05, 0) is 19.1 Å². The molecule has 0 aliphatic carbocycles. The molecule has 1 heterocycles. The molecule has 2 rings (SSSR count). The maximum atomic E-state index is 12.2. The van der Waals surface area contributed by atoms with Crippen LogP contribution in [0.1, 0.15) is 11.7 Å². The quantitative estimate of drug-likeness (QED) is 0.913.